The van der Waals surface area contributed by atoms with Gasteiger partial charge in [0, 0.05) is 36.6 Å². The molecule has 1 aromatic heterocycles. The second-order valence-corrected chi connectivity index (χ2v) is 7.03. The van der Waals surface area contributed by atoms with Crippen LogP contribution in [-0.2, 0) is 17.9 Å². The fourth-order valence-electron chi connectivity index (χ4n) is 3.50. The van der Waals surface area contributed by atoms with E-state index in [-0.39, 0.29) is 25.6 Å². The topological polar surface area (TPSA) is 51.7 Å². The summed E-state index contributed by atoms with van der Waals surface area (Å²) in [6.07, 6.45) is -1.23. The van der Waals surface area contributed by atoms with E-state index in [0.29, 0.717) is 16.9 Å². The van der Waals surface area contributed by atoms with E-state index in [4.69, 9.17) is 4.74 Å². The number of hydrogen-bond acceptors (Lipinski definition) is 4. The number of carbonyl (C=O) groups excluding carboxylic acids is 1. The summed E-state index contributed by atoms with van der Waals surface area (Å²) < 4.78 is 46.2. The summed E-state index contributed by atoms with van der Waals surface area (Å²) >= 11 is 0. The van der Waals surface area contributed by atoms with Gasteiger partial charge in [-0.25, -0.2) is 0 Å². The van der Waals surface area contributed by atoms with Crippen molar-refractivity contribution in [1.82, 2.24) is 9.88 Å². The van der Waals surface area contributed by atoms with Gasteiger partial charge in [0.05, 0.1) is 6.61 Å². The van der Waals surface area contributed by atoms with Gasteiger partial charge in [-0.1, -0.05) is 30.3 Å². The molecule has 0 saturated heterocycles. The molecular formula is C23H19F3N2O3. The van der Waals surface area contributed by atoms with Crippen LogP contribution in [0.5, 0.6) is 5.75 Å². The molecule has 8 heteroatoms. The molecule has 3 aromatic rings. The first-order valence-electron chi connectivity index (χ1n) is 9.65. The second-order valence-electron chi connectivity index (χ2n) is 7.03. The number of aromatic nitrogens is 1. The molecule has 160 valence electrons. The number of pyridine rings is 1. The molecule has 5 nitrogen and oxygen atoms in total. The Kier molecular flexibility index (Phi) is 5.90. The molecule has 1 amide bonds. The number of hydrogen-bond donors (Lipinski definition) is 0. The highest BCUT2D eigenvalue weighted by Gasteiger charge is 2.31. The molecule has 0 fully saturated rings. The monoisotopic (exact) mass is 428 g/mol. The van der Waals surface area contributed by atoms with E-state index in [1.54, 1.807) is 30.6 Å². The van der Waals surface area contributed by atoms with Crippen LogP contribution in [0.1, 0.15) is 21.5 Å². The van der Waals surface area contributed by atoms with Crippen molar-refractivity contribution < 1.29 is 27.4 Å². The van der Waals surface area contributed by atoms with Crippen LogP contribution in [0.4, 0.5) is 13.2 Å². The largest absolute Gasteiger partial charge is 0.522 e. The van der Waals surface area contributed by atoms with Crippen LogP contribution in [0.3, 0.4) is 0 Å². The SMILES string of the molecule is O=C1c2ccc(OCc3cnccc3-c3ccccc3)cc2CN1CCOC(F)(F)F. The number of ether oxygens (including phenoxy) is 2. The smallest absolute Gasteiger partial charge is 0.489 e. The van der Waals surface area contributed by atoms with Crippen LogP contribution in [0.2, 0.25) is 0 Å². The minimum Gasteiger partial charge on any atom is -0.489 e. The molecule has 0 radical (unpaired) electrons. The van der Waals surface area contributed by atoms with Crippen LogP contribution < -0.4 is 4.74 Å². The van der Waals surface area contributed by atoms with Gasteiger partial charge in [-0.2, -0.15) is 0 Å². The predicted octanol–water partition coefficient (Wildman–Crippen LogP) is 4.82. The fraction of sp³-hybridized carbons (Fsp3) is 0.217. The standard InChI is InChI=1S/C23H19F3N2O3/c24-23(25,26)31-11-10-28-14-17-12-19(6-7-21(17)22(28)29)30-15-18-13-27-9-8-20(18)16-4-2-1-3-5-16/h1-9,12-13H,10-11,14-15H2. The van der Waals surface area contributed by atoms with Gasteiger partial charge in [-0.05, 0) is 41.0 Å². The molecule has 4 rings (SSSR count). The molecule has 1 aliphatic rings. The number of amides is 1. The van der Waals surface area contributed by atoms with Crippen molar-refractivity contribution in [3.8, 4) is 16.9 Å². The quantitative estimate of drug-likeness (QED) is 0.542. The molecule has 0 bridgehead atoms. The third kappa shape index (κ3) is 5.03. The Morgan fingerprint density at radius 2 is 1.84 bits per heavy atom. The Hall–Kier alpha value is -3.39. The zero-order valence-electron chi connectivity index (χ0n) is 16.4. The van der Waals surface area contributed by atoms with E-state index in [1.807, 2.05) is 36.4 Å². The third-order valence-electron chi connectivity index (χ3n) is 4.97. The Labute approximate surface area is 177 Å². The zero-order valence-corrected chi connectivity index (χ0v) is 16.4. The van der Waals surface area contributed by atoms with Crippen LogP contribution >= 0.6 is 0 Å². The lowest BCUT2D eigenvalue weighted by molar-refractivity contribution is -0.324. The number of alkyl halides is 3. The number of carbonyl (C=O) groups is 1. The Balaban J connectivity index is 1.42. The molecule has 0 N–H and O–H groups in total. The first-order valence-corrected chi connectivity index (χ1v) is 9.65. The van der Waals surface area contributed by atoms with E-state index >= 15 is 0 Å². The molecule has 0 saturated carbocycles. The van der Waals surface area contributed by atoms with Crippen LogP contribution in [0.25, 0.3) is 11.1 Å². The molecular weight excluding hydrogens is 409 g/mol. The third-order valence-corrected chi connectivity index (χ3v) is 4.97. The molecule has 0 aliphatic carbocycles. The first kappa shape index (κ1) is 20.9. The maximum Gasteiger partial charge on any atom is 0.522 e. The highest BCUT2D eigenvalue weighted by Crippen LogP contribution is 2.29. The van der Waals surface area contributed by atoms with Crippen molar-refractivity contribution >= 4 is 5.91 Å². The van der Waals surface area contributed by atoms with Crippen molar-refractivity contribution in [2.75, 3.05) is 13.2 Å². The summed E-state index contributed by atoms with van der Waals surface area (Å²) in [7, 11) is 0. The minimum absolute atomic E-state index is 0.140. The van der Waals surface area contributed by atoms with Crippen molar-refractivity contribution in [3.05, 3.63) is 83.7 Å². The maximum atomic E-state index is 12.4. The second kappa shape index (κ2) is 8.77. The molecule has 2 heterocycles. The lowest BCUT2D eigenvalue weighted by Crippen LogP contribution is -2.30. The summed E-state index contributed by atoms with van der Waals surface area (Å²) in [6, 6.07) is 16.9. The molecule has 1 aliphatic heterocycles. The summed E-state index contributed by atoms with van der Waals surface area (Å²) in [5.41, 5.74) is 4.16. The number of halogens is 3. The van der Waals surface area contributed by atoms with Gasteiger partial charge in [0.25, 0.3) is 5.91 Å². The van der Waals surface area contributed by atoms with Crippen molar-refractivity contribution in [3.63, 3.8) is 0 Å². The van der Waals surface area contributed by atoms with Gasteiger partial charge in [0.2, 0.25) is 0 Å². The summed E-state index contributed by atoms with van der Waals surface area (Å²) in [4.78, 5) is 17.9. The Morgan fingerprint density at radius 1 is 1.03 bits per heavy atom. The number of benzene rings is 2. The summed E-state index contributed by atoms with van der Waals surface area (Å²) in [5.74, 6) is 0.258. The van der Waals surface area contributed by atoms with Crippen molar-refractivity contribution in [2.24, 2.45) is 0 Å². The van der Waals surface area contributed by atoms with E-state index in [2.05, 4.69) is 9.72 Å². The average molecular weight is 428 g/mol. The molecule has 0 unspecified atom stereocenters. The first-order chi connectivity index (χ1) is 14.9. The predicted molar refractivity (Wildman–Crippen MR) is 107 cm³/mol. The van der Waals surface area contributed by atoms with Crippen LogP contribution in [0.15, 0.2) is 67.0 Å². The lowest BCUT2D eigenvalue weighted by Gasteiger charge is -2.16. The van der Waals surface area contributed by atoms with Gasteiger partial charge in [-0.3, -0.25) is 14.5 Å². The van der Waals surface area contributed by atoms with Gasteiger partial charge >= 0.3 is 6.36 Å². The number of nitrogens with zero attached hydrogens (tertiary/aromatic N) is 2. The molecule has 2 aromatic carbocycles. The van der Waals surface area contributed by atoms with Crippen molar-refractivity contribution in [2.45, 2.75) is 19.5 Å². The van der Waals surface area contributed by atoms with Gasteiger partial charge in [0.15, 0.2) is 0 Å². The lowest BCUT2D eigenvalue weighted by atomic mass is 10.0. The summed E-state index contributed by atoms with van der Waals surface area (Å²) in [5, 5.41) is 0. The van der Waals surface area contributed by atoms with Crippen LogP contribution in [0, 0.1) is 0 Å². The van der Waals surface area contributed by atoms with Crippen LogP contribution in [-0.4, -0.2) is 35.3 Å². The fourth-order valence-corrected chi connectivity index (χ4v) is 3.50. The number of fused-ring (bicyclic) bond motifs is 1. The normalized spacial score (nSPS) is 13.4. The minimum atomic E-state index is -4.71. The molecule has 31 heavy (non-hydrogen) atoms. The van der Waals surface area contributed by atoms with Gasteiger partial charge in [0.1, 0.15) is 12.4 Å². The Morgan fingerprint density at radius 3 is 2.61 bits per heavy atom. The van der Waals surface area contributed by atoms with E-state index in [9.17, 15) is 18.0 Å². The highest BCUT2D eigenvalue weighted by atomic mass is 19.4. The summed E-state index contributed by atoms with van der Waals surface area (Å²) in [6.45, 7) is -0.238. The van der Waals surface area contributed by atoms with E-state index in [1.165, 1.54) is 4.90 Å². The zero-order chi connectivity index (χ0) is 21.8. The Bertz CT molecular complexity index is 1070. The van der Waals surface area contributed by atoms with E-state index < -0.39 is 13.0 Å². The average Bonchev–Trinajstić information content (AvgIpc) is 3.07. The van der Waals surface area contributed by atoms with Gasteiger partial charge < -0.3 is 9.64 Å². The maximum absolute atomic E-state index is 12.4. The van der Waals surface area contributed by atoms with E-state index in [0.717, 1.165) is 16.7 Å². The van der Waals surface area contributed by atoms with Crippen molar-refractivity contribution in [1.29, 1.82) is 0 Å². The van der Waals surface area contributed by atoms with Gasteiger partial charge in [-0.15, -0.1) is 13.2 Å². The highest BCUT2D eigenvalue weighted by molar-refractivity contribution is 5.98. The number of rotatable bonds is 7. The molecule has 0 spiro atoms. The molecule has 0 atom stereocenters.